The molecule has 0 spiro atoms. The third-order valence-corrected chi connectivity index (χ3v) is 4.82. The zero-order valence-electron chi connectivity index (χ0n) is 12.5. The number of hydrogen-bond donors (Lipinski definition) is 2. The summed E-state index contributed by atoms with van der Waals surface area (Å²) in [7, 11) is 0. The number of piperidine rings is 1. The summed E-state index contributed by atoms with van der Waals surface area (Å²) < 4.78 is 0. The van der Waals surface area contributed by atoms with Crippen molar-refractivity contribution in [3.05, 3.63) is 35.9 Å². The van der Waals surface area contributed by atoms with Crippen LogP contribution in [0, 0.1) is 0 Å². The van der Waals surface area contributed by atoms with Gasteiger partial charge in [-0.3, -0.25) is 9.69 Å². The highest BCUT2D eigenvalue weighted by molar-refractivity contribution is 5.82. The molecule has 1 amide bonds. The molecular weight excluding hydrogens is 262 g/mol. The first-order chi connectivity index (χ1) is 10.2. The van der Waals surface area contributed by atoms with E-state index in [0.29, 0.717) is 18.5 Å². The van der Waals surface area contributed by atoms with Crippen molar-refractivity contribution in [3.63, 3.8) is 0 Å². The highest BCUT2D eigenvalue weighted by Crippen LogP contribution is 2.27. The number of nitrogens with one attached hydrogen (secondary N) is 1. The van der Waals surface area contributed by atoms with Crippen molar-refractivity contribution in [2.75, 3.05) is 13.1 Å². The van der Waals surface area contributed by atoms with Gasteiger partial charge in [-0.1, -0.05) is 36.8 Å². The van der Waals surface area contributed by atoms with Crippen LogP contribution in [0.1, 0.15) is 31.2 Å². The topological polar surface area (TPSA) is 58.4 Å². The molecule has 0 aliphatic carbocycles. The van der Waals surface area contributed by atoms with E-state index in [2.05, 4.69) is 10.2 Å². The van der Waals surface area contributed by atoms with Gasteiger partial charge in [0, 0.05) is 18.6 Å². The number of rotatable bonds is 4. The summed E-state index contributed by atoms with van der Waals surface area (Å²) >= 11 is 0. The third kappa shape index (κ3) is 3.44. The van der Waals surface area contributed by atoms with E-state index in [9.17, 15) is 4.79 Å². The molecule has 114 valence electrons. The normalized spacial score (nSPS) is 27.1. The van der Waals surface area contributed by atoms with E-state index in [0.717, 1.165) is 18.5 Å². The number of nitrogens with two attached hydrogens (primary N) is 1. The molecule has 3 rings (SSSR count). The van der Waals surface area contributed by atoms with Crippen LogP contribution in [-0.4, -0.2) is 42.0 Å². The van der Waals surface area contributed by atoms with Crippen LogP contribution < -0.4 is 11.1 Å². The van der Waals surface area contributed by atoms with Crippen LogP contribution in [0.3, 0.4) is 0 Å². The quantitative estimate of drug-likeness (QED) is 0.877. The van der Waals surface area contributed by atoms with Gasteiger partial charge >= 0.3 is 0 Å². The summed E-state index contributed by atoms with van der Waals surface area (Å²) in [6.45, 7) is 2.30. The molecule has 3 atom stereocenters. The molecule has 2 aliphatic rings. The second-order valence-corrected chi connectivity index (χ2v) is 6.30. The van der Waals surface area contributed by atoms with Crippen LogP contribution >= 0.6 is 0 Å². The van der Waals surface area contributed by atoms with Crippen LogP contribution in [0.4, 0.5) is 0 Å². The maximum Gasteiger partial charge on any atom is 0.237 e. The van der Waals surface area contributed by atoms with Crippen molar-refractivity contribution < 1.29 is 4.79 Å². The monoisotopic (exact) mass is 287 g/mol. The van der Waals surface area contributed by atoms with E-state index >= 15 is 0 Å². The van der Waals surface area contributed by atoms with Crippen molar-refractivity contribution in [2.45, 2.75) is 50.2 Å². The third-order valence-electron chi connectivity index (χ3n) is 4.82. The number of amides is 1. The summed E-state index contributed by atoms with van der Waals surface area (Å²) in [4.78, 5) is 14.8. The standard InChI is InChI=1S/C17H25N3O/c18-14(12-13-6-2-1-3-7-13)17(21)19-15-9-11-20-10-5-4-8-16(15)20/h1-3,6-7,14-16H,4-5,8-12,18H2,(H,19,21)/t14-,15?,16?/m0/s1. The smallest absolute Gasteiger partial charge is 0.237 e. The molecule has 2 unspecified atom stereocenters. The predicted octanol–water partition coefficient (Wildman–Crippen LogP) is 1.30. The van der Waals surface area contributed by atoms with Gasteiger partial charge in [-0.05, 0) is 37.8 Å². The van der Waals surface area contributed by atoms with Crippen LogP contribution in [-0.2, 0) is 11.2 Å². The SMILES string of the molecule is N[C@@H](Cc1ccccc1)C(=O)NC1CCN2CCCCC12. The second-order valence-electron chi connectivity index (χ2n) is 6.30. The van der Waals surface area contributed by atoms with Gasteiger partial charge in [-0.25, -0.2) is 0 Å². The molecule has 0 aromatic heterocycles. The number of carbonyl (C=O) groups excluding carboxylic acids is 1. The molecule has 21 heavy (non-hydrogen) atoms. The Kier molecular flexibility index (Phi) is 4.56. The Balaban J connectivity index is 1.53. The van der Waals surface area contributed by atoms with Crippen molar-refractivity contribution in [3.8, 4) is 0 Å². The summed E-state index contributed by atoms with van der Waals surface area (Å²) in [6.07, 6.45) is 5.45. The Morgan fingerprint density at radius 2 is 2.05 bits per heavy atom. The fourth-order valence-corrected chi connectivity index (χ4v) is 3.67. The second kappa shape index (κ2) is 6.58. The molecule has 0 bridgehead atoms. The molecule has 1 aromatic rings. The van der Waals surface area contributed by atoms with E-state index in [1.807, 2.05) is 30.3 Å². The van der Waals surface area contributed by atoms with Crippen molar-refractivity contribution in [1.82, 2.24) is 10.2 Å². The van der Waals surface area contributed by atoms with Gasteiger partial charge in [0.1, 0.15) is 0 Å². The molecule has 2 aliphatic heterocycles. The predicted molar refractivity (Wildman–Crippen MR) is 83.9 cm³/mol. The van der Waals surface area contributed by atoms with E-state index in [1.54, 1.807) is 0 Å². The lowest BCUT2D eigenvalue weighted by molar-refractivity contribution is -0.123. The molecular formula is C17H25N3O. The highest BCUT2D eigenvalue weighted by atomic mass is 16.2. The fraction of sp³-hybridized carbons (Fsp3) is 0.588. The van der Waals surface area contributed by atoms with Crippen LogP contribution in [0.25, 0.3) is 0 Å². The first-order valence-electron chi connectivity index (χ1n) is 8.08. The molecule has 2 fully saturated rings. The largest absolute Gasteiger partial charge is 0.350 e. The maximum atomic E-state index is 12.3. The molecule has 4 nitrogen and oxygen atoms in total. The lowest BCUT2D eigenvalue weighted by Crippen LogP contribution is -2.51. The van der Waals surface area contributed by atoms with Crippen molar-refractivity contribution in [2.24, 2.45) is 5.73 Å². The van der Waals surface area contributed by atoms with E-state index in [-0.39, 0.29) is 5.91 Å². The van der Waals surface area contributed by atoms with Gasteiger partial charge in [0.2, 0.25) is 5.91 Å². The minimum atomic E-state index is -0.454. The van der Waals surface area contributed by atoms with Crippen LogP contribution in [0.2, 0.25) is 0 Å². The van der Waals surface area contributed by atoms with E-state index in [4.69, 9.17) is 5.73 Å². The fourth-order valence-electron chi connectivity index (χ4n) is 3.67. The molecule has 3 N–H and O–H groups in total. The Morgan fingerprint density at radius 1 is 1.24 bits per heavy atom. The van der Waals surface area contributed by atoms with Crippen molar-refractivity contribution >= 4 is 5.91 Å². The average molecular weight is 287 g/mol. The van der Waals surface area contributed by atoms with Crippen LogP contribution in [0.15, 0.2) is 30.3 Å². The van der Waals surface area contributed by atoms with Gasteiger partial charge in [0.25, 0.3) is 0 Å². The molecule has 0 saturated carbocycles. The van der Waals surface area contributed by atoms with Gasteiger partial charge in [0.15, 0.2) is 0 Å². The number of hydrogen-bond acceptors (Lipinski definition) is 3. The van der Waals surface area contributed by atoms with Gasteiger partial charge in [-0.15, -0.1) is 0 Å². The Labute approximate surface area is 126 Å². The minimum absolute atomic E-state index is 0.00345. The zero-order chi connectivity index (χ0) is 14.7. The Hall–Kier alpha value is -1.39. The van der Waals surface area contributed by atoms with Gasteiger partial charge < -0.3 is 11.1 Å². The first-order valence-corrected chi connectivity index (χ1v) is 8.08. The molecule has 2 saturated heterocycles. The van der Waals surface area contributed by atoms with Gasteiger partial charge in [0.05, 0.1) is 6.04 Å². The molecule has 0 radical (unpaired) electrons. The minimum Gasteiger partial charge on any atom is -0.350 e. The molecule has 4 heteroatoms. The molecule has 2 heterocycles. The number of carbonyl (C=O) groups is 1. The zero-order valence-corrected chi connectivity index (χ0v) is 12.5. The Morgan fingerprint density at radius 3 is 2.86 bits per heavy atom. The summed E-state index contributed by atoms with van der Waals surface area (Å²) in [6, 6.07) is 10.4. The summed E-state index contributed by atoms with van der Waals surface area (Å²) in [5, 5.41) is 3.19. The lowest BCUT2D eigenvalue weighted by atomic mass is 9.98. The average Bonchev–Trinajstić information content (AvgIpc) is 2.91. The maximum absolute atomic E-state index is 12.3. The number of benzene rings is 1. The van der Waals surface area contributed by atoms with Crippen LogP contribution in [0.5, 0.6) is 0 Å². The summed E-state index contributed by atoms with van der Waals surface area (Å²) in [5.41, 5.74) is 7.19. The highest BCUT2D eigenvalue weighted by Gasteiger charge is 2.36. The first kappa shape index (κ1) is 14.5. The number of fused-ring (bicyclic) bond motifs is 1. The van der Waals surface area contributed by atoms with Gasteiger partial charge in [-0.2, -0.15) is 0 Å². The number of nitrogens with zero attached hydrogens (tertiary/aromatic N) is 1. The Bertz CT molecular complexity index is 476. The summed E-state index contributed by atoms with van der Waals surface area (Å²) in [5.74, 6) is -0.00345. The lowest BCUT2D eigenvalue weighted by Gasteiger charge is -2.32. The van der Waals surface area contributed by atoms with E-state index < -0.39 is 6.04 Å². The molecule has 1 aromatic carbocycles. The van der Waals surface area contributed by atoms with E-state index in [1.165, 1.54) is 25.8 Å². The van der Waals surface area contributed by atoms with Crippen molar-refractivity contribution in [1.29, 1.82) is 0 Å².